The molecule has 0 amide bonds. The second kappa shape index (κ2) is 4.89. The van der Waals surface area contributed by atoms with Crippen LogP contribution in [-0.4, -0.2) is 29.7 Å². The average molecular weight is 211 g/mol. The van der Waals surface area contributed by atoms with Crippen LogP contribution in [0.15, 0.2) is 23.7 Å². The van der Waals surface area contributed by atoms with Gasteiger partial charge in [0.2, 0.25) is 0 Å². The van der Waals surface area contributed by atoms with E-state index < -0.39 is 12.5 Å². The molecule has 0 aromatic carbocycles. The number of carbonyl (C=O) groups is 1. The quantitative estimate of drug-likeness (QED) is 0.568. The Balaban J connectivity index is 3.00. The number of hydrogen-bond donors (Lipinski definition) is 1. The molecule has 0 aliphatic carbocycles. The number of methoxy groups -OCH3 is 1. The van der Waals surface area contributed by atoms with Crippen LogP contribution in [0.5, 0.6) is 5.75 Å². The normalized spacial score (nSPS) is 9.40. The number of carboxylic acid groups (broad SMARTS) is 1. The number of nitrogens with zero attached hydrogens (tertiary/aromatic N) is 3. The molecule has 7 heteroatoms. The fourth-order valence-corrected chi connectivity index (χ4v) is 1.03. The molecule has 7 nitrogen and oxygen atoms in total. The standard InChI is InChI=1S/C8H9N3O4/c1-15-7-2-3-9-4-6(7)11(10-14)5-8(12)13/h2-4H,5H2,1H3,(H,12,13). The van der Waals surface area contributed by atoms with Crippen molar-refractivity contribution in [1.82, 2.24) is 4.98 Å². The van der Waals surface area contributed by atoms with Gasteiger partial charge in [-0.05, 0) is 0 Å². The first kappa shape index (κ1) is 10.9. The first-order chi connectivity index (χ1) is 7.19. The van der Waals surface area contributed by atoms with E-state index >= 15 is 0 Å². The van der Waals surface area contributed by atoms with Crippen molar-refractivity contribution in [2.75, 3.05) is 18.7 Å². The van der Waals surface area contributed by atoms with Gasteiger partial charge < -0.3 is 9.84 Å². The van der Waals surface area contributed by atoms with E-state index in [-0.39, 0.29) is 5.69 Å². The van der Waals surface area contributed by atoms with Crippen LogP contribution in [0, 0.1) is 4.91 Å². The van der Waals surface area contributed by atoms with Crippen molar-refractivity contribution in [3.05, 3.63) is 23.4 Å². The van der Waals surface area contributed by atoms with Gasteiger partial charge in [-0.25, -0.2) is 5.01 Å². The number of nitroso groups, excluding NO2 is 1. The first-order valence-electron chi connectivity index (χ1n) is 3.99. The summed E-state index contributed by atoms with van der Waals surface area (Å²) in [6.07, 6.45) is 2.77. The summed E-state index contributed by atoms with van der Waals surface area (Å²) in [5.41, 5.74) is 0.220. The zero-order valence-corrected chi connectivity index (χ0v) is 7.95. The highest BCUT2D eigenvalue weighted by Gasteiger charge is 2.15. The monoisotopic (exact) mass is 211 g/mol. The van der Waals surface area contributed by atoms with Crippen LogP contribution < -0.4 is 9.75 Å². The van der Waals surface area contributed by atoms with E-state index in [2.05, 4.69) is 10.3 Å². The molecule has 15 heavy (non-hydrogen) atoms. The van der Waals surface area contributed by atoms with Gasteiger partial charge in [-0.3, -0.25) is 9.78 Å². The van der Waals surface area contributed by atoms with E-state index in [0.717, 1.165) is 5.01 Å². The third-order valence-electron chi connectivity index (χ3n) is 1.64. The minimum Gasteiger partial charge on any atom is -0.494 e. The Hall–Kier alpha value is -2.18. The van der Waals surface area contributed by atoms with Crippen molar-refractivity contribution >= 4 is 11.7 Å². The van der Waals surface area contributed by atoms with Crippen LogP contribution in [-0.2, 0) is 4.79 Å². The Morgan fingerprint density at radius 2 is 2.47 bits per heavy atom. The van der Waals surface area contributed by atoms with Gasteiger partial charge in [0.25, 0.3) is 0 Å². The Kier molecular flexibility index (Phi) is 3.55. The van der Waals surface area contributed by atoms with Crippen LogP contribution in [0.4, 0.5) is 5.69 Å². The number of hydrogen-bond acceptors (Lipinski definition) is 5. The summed E-state index contributed by atoms with van der Waals surface area (Å²) in [7, 11) is 1.41. The van der Waals surface area contributed by atoms with Gasteiger partial charge >= 0.3 is 5.97 Å². The summed E-state index contributed by atoms with van der Waals surface area (Å²) >= 11 is 0. The van der Waals surface area contributed by atoms with Crippen LogP contribution >= 0.6 is 0 Å². The minimum atomic E-state index is -1.17. The predicted molar refractivity (Wildman–Crippen MR) is 51.6 cm³/mol. The summed E-state index contributed by atoms with van der Waals surface area (Å²) in [6.45, 7) is -0.536. The molecule has 0 spiro atoms. The molecule has 0 aliphatic rings. The number of ether oxygens (including phenoxy) is 1. The molecule has 1 rings (SSSR count). The zero-order chi connectivity index (χ0) is 11.3. The predicted octanol–water partition coefficient (Wildman–Crippen LogP) is 0.663. The smallest absolute Gasteiger partial charge is 0.325 e. The Morgan fingerprint density at radius 1 is 1.73 bits per heavy atom. The van der Waals surface area contributed by atoms with Gasteiger partial charge in [-0.15, -0.1) is 4.91 Å². The van der Waals surface area contributed by atoms with Crippen molar-refractivity contribution < 1.29 is 14.6 Å². The van der Waals surface area contributed by atoms with Crippen molar-refractivity contribution in [1.29, 1.82) is 0 Å². The molecular formula is C8H9N3O4. The van der Waals surface area contributed by atoms with E-state index in [1.54, 1.807) is 0 Å². The molecule has 0 saturated heterocycles. The van der Waals surface area contributed by atoms with Gasteiger partial charge in [0, 0.05) is 12.3 Å². The van der Waals surface area contributed by atoms with Gasteiger partial charge in [0.1, 0.15) is 18.0 Å². The van der Waals surface area contributed by atoms with E-state index in [4.69, 9.17) is 9.84 Å². The molecule has 1 aromatic heterocycles. The molecule has 1 N–H and O–H groups in total. The number of carboxylic acids is 1. The van der Waals surface area contributed by atoms with Gasteiger partial charge in [-0.1, -0.05) is 0 Å². The number of anilines is 1. The number of rotatable bonds is 5. The number of aromatic nitrogens is 1. The van der Waals surface area contributed by atoms with Crippen LogP contribution in [0.3, 0.4) is 0 Å². The second-order valence-corrected chi connectivity index (χ2v) is 2.58. The summed E-state index contributed by atoms with van der Waals surface area (Å²) in [5, 5.41) is 11.9. The lowest BCUT2D eigenvalue weighted by Crippen LogP contribution is -2.24. The molecule has 0 saturated carbocycles. The highest BCUT2D eigenvalue weighted by molar-refractivity contribution is 5.74. The van der Waals surface area contributed by atoms with Crippen molar-refractivity contribution in [3.8, 4) is 5.75 Å². The third kappa shape index (κ3) is 2.63. The average Bonchev–Trinajstić information content (AvgIpc) is 2.25. The molecule has 80 valence electrons. The maximum atomic E-state index is 10.4. The van der Waals surface area contributed by atoms with E-state index in [0.29, 0.717) is 5.75 Å². The topological polar surface area (TPSA) is 92.1 Å². The lowest BCUT2D eigenvalue weighted by Gasteiger charge is -2.14. The lowest BCUT2D eigenvalue weighted by atomic mass is 10.3. The van der Waals surface area contributed by atoms with Gasteiger partial charge in [0.05, 0.1) is 18.6 Å². The van der Waals surface area contributed by atoms with Gasteiger partial charge in [-0.2, -0.15) is 0 Å². The molecule has 0 atom stereocenters. The zero-order valence-electron chi connectivity index (χ0n) is 7.95. The largest absolute Gasteiger partial charge is 0.494 e. The molecule has 1 aromatic rings. The maximum absolute atomic E-state index is 10.4. The molecule has 0 bridgehead atoms. The number of aliphatic carboxylic acids is 1. The summed E-state index contributed by atoms with van der Waals surface area (Å²) in [4.78, 5) is 24.6. The number of pyridine rings is 1. The first-order valence-corrected chi connectivity index (χ1v) is 3.99. The van der Waals surface area contributed by atoms with Crippen LogP contribution in [0.2, 0.25) is 0 Å². The Morgan fingerprint density at radius 3 is 3.00 bits per heavy atom. The van der Waals surface area contributed by atoms with Gasteiger partial charge in [0.15, 0.2) is 0 Å². The fraction of sp³-hybridized carbons (Fsp3) is 0.250. The SMILES string of the molecule is COc1ccncc1N(CC(=O)O)N=O. The summed E-state index contributed by atoms with van der Waals surface area (Å²) in [5.74, 6) is -0.827. The fourth-order valence-electron chi connectivity index (χ4n) is 1.03. The van der Waals surface area contributed by atoms with Crippen molar-refractivity contribution in [2.45, 2.75) is 0 Å². The van der Waals surface area contributed by atoms with Crippen LogP contribution in [0.1, 0.15) is 0 Å². The maximum Gasteiger partial charge on any atom is 0.325 e. The second-order valence-electron chi connectivity index (χ2n) is 2.58. The Bertz CT molecular complexity index is 369. The Labute approximate surface area is 85.2 Å². The summed E-state index contributed by atoms with van der Waals surface area (Å²) in [6, 6.07) is 1.51. The molecule has 0 radical (unpaired) electrons. The van der Waals surface area contributed by atoms with E-state index in [1.165, 1.54) is 25.6 Å². The molecule has 1 heterocycles. The highest BCUT2D eigenvalue weighted by Crippen LogP contribution is 2.26. The molecular weight excluding hydrogens is 202 g/mol. The third-order valence-corrected chi connectivity index (χ3v) is 1.64. The van der Waals surface area contributed by atoms with E-state index in [9.17, 15) is 9.70 Å². The summed E-state index contributed by atoms with van der Waals surface area (Å²) < 4.78 is 4.94. The van der Waals surface area contributed by atoms with E-state index in [1.807, 2.05) is 0 Å². The van der Waals surface area contributed by atoms with Crippen LogP contribution in [0.25, 0.3) is 0 Å². The van der Waals surface area contributed by atoms with Crippen molar-refractivity contribution in [2.24, 2.45) is 5.29 Å². The molecule has 0 fully saturated rings. The molecule has 0 aliphatic heterocycles. The minimum absolute atomic E-state index is 0.220. The highest BCUT2D eigenvalue weighted by atomic mass is 16.5. The van der Waals surface area contributed by atoms with Crippen molar-refractivity contribution in [3.63, 3.8) is 0 Å². The lowest BCUT2D eigenvalue weighted by molar-refractivity contribution is -0.135. The molecule has 0 unspecified atom stereocenters.